The molecule has 0 unspecified atom stereocenters. The quantitative estimate of drug-likeness (QED) is 0.915. The van der Waals surface area contributed by atoms with Crippen LogP contribution in [0.15, 0.2) is 41.1 Å². The highest BCUT2D eigenvalue weighted by Gasteiger charge is 2.22. The Hall–Kier alpha value is -1.81. The lowest BCUT2D eigenvalue weighted by molar-refractivity contribution is 0.0945. The van der Waals surface area contributed by atoms with Gasteiger partial charge in [-0.25, -0.2) is 0 Å². The highest BCUT2D eigenvalue weighted by Crippen LogP contribution is 2.24. The summed E-state index contributed by atoms with van der Waals surface area (Å²) in [4.78, 5) is 12.1. The van der Waals surface area contributed by atoms with Gasteiger partial charge in [0.25, 0.3) is 5.91 Å². The van der Waals surface area contributed by atoms with Crippen LogP contribution >= 0.6 is 11.3 Å². The maximum atomic E-state index is 12.1. The number of ether oxygens (including phenoxy) is 1. The average Bonchev–Trinajstić information content (AvgIpc) is 3.00. The highest BCUT2D eigenvalue weighted by atomic mass is 32.1. The summed E-state index contributed by atoms with van der Waals surface area (Å²) in [5.74, 6) is 0.691. The molecular formula is C16H19NO2S. The van der Waals surface area contributed by atoms with Crippen molar-refractivity contribution in [3.05, 3.63) is 52.2 Å². The lowest BCUT2D eigenvalue weighted by atomic mass is 9.86. The van der Waals surface area contributed by atoms with Gasteiger partial charge in [0.15, 0.2) is 0 Å². The molecule has 0 fully saturated rings. The number of hydrogen-bond donors (Lipinski definition) is 1. The van der Waals surface area contributed by atoms with Gasteiger partial charge in [-0.1, -0.05) is 13.8 Å². The Morgan fingerprint density at radius 3 is 2.50 bits per heavy atom. The summed E-state index contributed by atoms with van der Waals surface area (Å²) in [7, 11) is 1.61. The summed E-state index contributed by atoms with van der Waals surface area (Å²) in [6, 6.07) is 9.22. The Kier molecular flexibility index (Phi) is 4.45. The van der Waals surface area contributed by atoms with Crippen LogP contribution in [0.2, 0.25) is 0 Å². The molecule has 0 radical (unpaired) electrons. The smallest absolute Gasteiger partial charge is 0.251 e. The Bertz CT molecular complexity index is 559. The van der Waals surface area contributed by atoms with Gasteiger partial charge in [0.05, 0.1) is 7.11 Å². The zero-order chi connectivity index (χ0) is 14.6. The van der Waals surface area contributed by atoms with Crippen molar-refractivity contribution in [3.63, 3.8) is 0 Å². The summed E-state index contributed by atoms with van der Waals surface area (Å²) in [6.07, 6.45) is 0. The maximum Gasteiger partial charge on any atom is 0.251 e. The topological polar surface area (TPSA) is 38.3 Å². The van der Waals surface area contributed by atoms with Gasteiger partial charge in [0, 0.05) is 17.5 Å². The second kappa shape index (κ2) is 6.09. The molecule has 20 heavy (non-hydrogen) atoms. The van der Waals surface area contributed by atoms with Crippen LogP contribution in [0.25, 0.3) is 0 Å². The van der Waals surface area contributed by atoms with E-state index in [-0.39, 0.29) is 11.3 Å². The molecule has 2 rings (SSSR count). The molecule has 1 heterocycles. The van der Waals surface area contributed by atoms with Crippen LogP contribution in [-0.4, -0.2) is 19.6 Å². The molecule has 0 aliphatic carbocycles. The fourth-order valence-electron chi connectivity index (χ4n) is 1.90. The van der Waals surface area contributed by atoms with Gasteiger partial charge in [-0.15, -0.1) is 0 Å². The molecule has 2 aromatic rings. The molecule has 0 saturated heterocycles. The van der Waals surface area contributed by atoms with Crippen molar-refractivity contribution in [2.75, 3.05) is 13.7 Å². The third kappa shape index (κ3) is 3.39. The molecule has 1 amide bonds. The van der Waals surface area contributed by atoms with E-state index in [1.54, 1.807) is 42.7 Å². The Labute approximate surface area is 123 Å². The van der Waals surface area contributed by atoms with Gasteiger partial charge in [-0.3, -0.25) is 4.79 Å². The van der Waals surface area contributed by atoms with E-state index >= 15 is 0 Å². The third-order valence-electron chi connectivity index (χ3n) is 3.35. The van der Waals surface area contributed by atoms with Crippen molar-refractivity contribution in [1.29, 1.82) is 0 Å². The van der Waals surface area contributed by atoms with E-state index in [0.29, 0.717) is 12.1 Å². The van der Waals surface area contributed by atoms with E-state index in [0.717, 1.165) is 5.75 Å². The van der Waals surface area contributed by atoms with E-state index in [9.17, 15) is 4.79 Å². The summed E-state index contributed by atoms with van der Waals surface area (Å²) >= 11 is 1.67. The van der Waals surface area contributed by atoms with Crippen LogP contribution in [-0.2, 0) is 5.41 Å². The number of methoxy groups -OCH3 is 1. The number of hydrogen-bond acceptors (Lipinski definition) is 3. The zero-order valence-corrected chi connectivity index (χ0v) is 12.8. The molecule has 3 nitrogen and oxygen atoms in total. The van der Waals surface area contributed by atoms with Crippen LogP contribution in [0.4, 0.5) is 0 Å². The Balaban J connectivity index is 1.98. The molecule has 0 atom stereocenters. The number of carbonyl (C=O) groups excluding carboxylic acids is 1. The summed E-state index contributed by atoms with van der Waals surface area (Å²) in [5, 5.41) is 7.17. The molecule has 0 saturated carbocycles. The average molecular weight is 289 g/mol. The van der Waals surface area contributed by atoms with Crippen molar-refractivity contribution in [2.24, 2.45) is 0 Å². The first-order chi connectivity index (χ1) is 9.53. The molecule has 1 N–H and O–H groups in total. The SMILES string of the molecule is COc1ccc(C(=O)NCC(C)(C)c2ccsc2)cc1. The Morgan fingerprint density at radius 2 is 1.95 bits per heavy atom. The van der Waals surface area contributed by atoms with Crippen molar-refractivity contribution >= 4 is 17.2 Å². The Morgan fingerprint density at radius 1 is 1.25 bits per heavy atom. The second-order valence-corrected chi connectivity index (χ2v) is 6.09. The first-order valence-corrected chi connectivity index (χ1v) is 7.42. The van der Waals surface area contributed by atoms with Crippen LogP contribution in [0.1, 0.15) is 29.8 Å². The maximum absolute atomic E-state index is 12.1. The molecule has 4 heteroatoms. The number of nitrogens with one attached hydrogen (secondary N) is 1. The minimum atomic E-state index is -0.0673. The minimum Gasteiger partial charge on any atom is -0.497 e. The lowest BCUT2D eigenvalue weighted by Crippen LogP contribution is -2.36. The normalized spacial score (nSPS) is 11.2. The van der Waals surface area contributed by atoms with Gasteiger partial charge < -0.3 is 10.1 Å². The number of thiophene rings is 1. The molecule has 1 aromatic heterocycles. The molecule has 0 spiro atoms. The lowest BCUT2D eigenvalue weighted by Gasteiger charge is -2.24. The van der Waals surface area contributed by atoms with Crippen LogP contribution < -0.4 is 10.1 Å². The van der Waals surface area contributed by atoms with E-state index < -0.39 is 0 Å². The molecule has 0 bridgehead atoms. The van der Waals surface area contributed by atoms with Gasteiger partial charge in [-0.05, 0) is 46.7 Å². The number of amides is 1. The van der Waals surface area contributed by atoms with Gasteiger partial charge in [0.1, 0.15) is 5.75 Å². The molecule has 0 aliphatic rings. The number of benzene rings is 1. The number of carbonyl (C=O) groups is 1. The summed E-state index contributed by atoms with van der Waals surface area (Å²) in [5.41, 5.74) is 1.83. The number of rotatable bonds is 5. The molecular weight excluding hydrogens is 270 g/mol. The van der Waals surface area contributed by atoms with Crippen molar-refractivity contribution in [3.8, 4) is 5.75 Å². The first-order valence-electron chi connectivity index (χ1n) is 6.48. The summed E-state index contributed by atoms with van der Waals surface area (Å²) in [6.45, 7) is 4.86. The van der Waals surface area contributed by atoms with Crippen molar-refractivity contribution in [1.82, 2.24) is 5.32 Å². The van der Waals surface area contributed by atoms with E-state index in [4.69, 9.17) is 4.74 Å². The predicted octanol–water partition coefficient (Wildman–Crippen LogP) is 3.46. The second-order valence-electron chi connectivity index (χ2n) is 5.31. The predicted molar refractivity (Wildman–Crippen MR) is 82.7 cm³/mol. The van der Waals surface area contributed by atoms with E-state index in [1.165, 1.54) is 5.56 Å². The third-order valence-corrected chi connectivity index (χ3v) is 4.03. The molecule has 1 aromatic carbocycles. The minimum absolute atomic E-state index is 0.0593. The van der Waals surface area contributed by atoms with Gasteiger partial charge >= 0.3 is 0 Å². The van der Waals surface area contributed by atoms with Gasteiger partial charge in [0.2, 0.25) is 0 Å². The standard InChI is InChI=1S/C16H19NO2S/c1-16(2,13-8-9-20-10-13)11-17-15(18)12-4-6-14(19-3)7-5-12/h4-10H,11H2,1-3H3,(H,17,18). The van der Waals surface area contributed by atoms with Gasteiger partial charge in [-0.2, -0.15) is 11.3 Å². The largest absolute Gasteiger partial charge is 0.497 e. The first kappa shape index (κ1) is 14.6. The zero-order valence-electron chi connectivity index (χ0n) is 12.0. The van der Waals surface area contributed by atoms with Crippen LogP contribution in [0, 0.1) is 0 Å². The van der Waals surface area contributed by atoms with Crippen molar-refractivity contribution < 1.29 is 9.53 Å². The molecule has 0 aliphatic heterocycles. The van der Waals surface area contributed by atoms with Crippen molar-refractivity contribution in [2.45, 2.75) is 19.3 Å². The van der Waals surface area contributed by atoms with Crippen LogP contribution in [0.5, 0.6) is 5.75 Å². The highest BCUT2D eigenvalue weighted by molar-refractivity contribution is 7.08. The van der Waals surface area contributed by atoms with Crippen LogP contribution in [0.3, 0.4) is 0 Å². The summed E-state index contributed by atoms with van der Waals surface area (Å²) < 4.78 is 5.08. The van der Waals surface area contributed by atoms with E-state index in [1.807, 2.05) is 0 Å². The van der Waals surface area contributed by atoms with E-state index in [2.05, 4.69) is 36.0 Å². The fraction of sp³-hybridized carbons (Fsp3) is 0.312. The molecule has 106 valence electrons. The monoisotopic (exact) mass is 289 g/mol. The fourth-order valence-corrected chi connectivity index (χ4v) is 2.75.